The Balaban J connectivity index is 2.05. The Bertz CT molecular complexity index is 579. The number of fused-ring (bicyclic) bond motifs is 1. The summed E-state index contributed by atoms with van der Waals surface area (Å²) in [7, 11) is 3.44. The van der Waals surface area contributed by atoms with Crippen LogP contribution < -0.4 is 16.0 Å². The monoisotopic (exact) mass is 297 g/mol. The second-order valence-electron chi connectivity index (χ2n) is 4.34. The van der Waals surface area contributed by atoms with Gasteiger partial charge in [-0.25, -0.2) is 4.98 Å². The van der Waals surface area contributed by atoms with Crippen molar-refractivity contribution in [1.29, 1.82) is 0 Å². The molecular weight excluding hydrogens is 278 g/mol. The van der Waals surface area contributed by atoms with Gasteiger partial charge < -0.3 is 20.7 Å². The number of carbonyl (C=O) groups is 1. The van der Waals surface area contributed by atoms with E-state index in [4.69, 9.17) is 10.5 Å². The highest BCUT2D eigenvalue weighted by Gasteiger charge is 2.17. The number of hydrogen-bond donors (Lipinski definition) is 2. The number of rotatable bonds is 7. The molecule has 0 aromatic carbocycles. The third-order valence-electron chi connectivity index (χ3n) is 2.90. The van der Waals surface area contributed by atoms with Crippen LogP contribution in [0.25, 0.3) is 4.96 Å². The first-order valence-electron chi connectivity index (χ1n) is 6.28. The van der Waals surface area contributed by atoms with E-state index in [-0.39, 0.29) is 12.5 Å². The topological polar surface area (TPSA) is 84.9 Å². The Morgan fingerprint density at radius 1 is 1.65 bits per heavy atom. The van der Waals surface area contributed by atoms with E-state index in [2.05, 4.69) is 10.3 Å². The van der Waals surface area contributed by atoms with E-state index < -0.39 is 0 Å². The van der Waals surface area contributed by atoms with E-state index in [1.54, 1.807) is 18.4 Å². The highest BCUT2D eigenvalue weighted by atomic mass is 32.1. The summed E-state index contributed by atoms with van der Waals surface area (Å²) in [6.45, 7) is 1.62. The fourth-order valence-corrected chi connectivity index (χ4v) is 2.68. The van der Waals surface area contributed by atoms with Crippen molar-refractivity contribution in [1.82, 2.24) is 14.7 Å². The molecule has 0 fully saturated rings. The number of ether oxygens (including phenoxy) is 1. The summed E-state index contributed by atoms with van der Waals surface area (Å²) in [5, 5.41) is 4.74. The van der Waals surface area contributed by atoms with Crippen LogP contribution in [-0.4, -0.2) is 49.1 Å². The highest BCUT2D eigenvalue weighted by molar-refractivity contribution is 7.15. The van der Waals surface area contributed by atoms with E-state index >= 15 is 0 Å². The van der Waals surface area contributed by atoms with Crippen LogP contribution in [0.5, 0.6) is 0 Å². The van der Waals surface area contributed by atoms with Crippen LogP contribution in [0.2, 0.25) is 0 Å². The largest absolute Gasteiger partial charge is 0.383 e. The zero-order chi connectivity index (χ0) is 14.5. The summed E-state index contributed by atoms with van der Waals surface area (Å²) in [4.78, 5) is 19.0. The third-order valence-corrected chi connectivity index (χ3v) is 3.66. The number of methoxy groups -OCH3 is 1. The van der Waals surface area contributed by atoms with Crippen LogP contribution in [0.1, 0.15) is 5.69 Å². The van der Waals surface area contributed by atoms with Gasteiger partial charge in [-0.2, -0.15) is 0 Å². The number of anilines is 1. The van der Waals surface area contributed by atoms with Crippen molar-refractivity contribution < 1.29 is 9.53 Å². The second-order valence-corrected chi connectivity index (χ2v) is 5.21. The number of imidazole rings is 1. The first-order valence-corrected chi connectivity index (χ1v) is 7.16. The van der Waals surface area contributed by atoms with Gasteiger partial charge in [0.1, 0.15) is 0 Å². The molecule has 0 aliphatic carbocycles. The van der Waals surface area contributed by atoms with Gasteiger partial charge in [0.15, 0.2) is 10.8 Å². The summed E-state index contributed by atoms with van der Waals surface area (Å²) in [6, 6.07) is 0. The Hall–Kier alpha value is -1.64. The zero-order valence-electron chi connectivity index (χ0n) is 11.6. The molecular formula is C12H19N5O2S. The predicted octanol–water partition coefficient (Wildman–Crippen LogP) is 0.0533. The first kappa shape index (κ1) is 14.8. The minimum Gasteiger partial charge on any atom is -0.383 e. The number of nitrogens with zero attached hydrogens (tertiary/aromatic N) is 3. The SMILES string of the molecule is COCCNC(=O)CN(C)c1nc2sccn2c1CN. The van der Waals surface area contributed by atoms with Crippen molar-refractivity contribution >= 4 is 28.0 Å². The average molecular weight is 297 g/mol. The number of carbonyl (C=O) groups excluding carboxylic acids is 1. The maximum absolute atomic E-state index is 11.8. The highest BCUT2D eigenvalue weighted by Crippen LogP contribution is 2.23. The van der Waals surface area contributed by atoms with E-state index in [1.165, 1.54) is 0 Å². The molecule has 0 aliphatic rings. The first-order chi connectivity index (χ1) is 9.67. The van der Waals surface area contributed by atoms with Gasteiger partial charge in [-0.05, 0) is 0 Å². The summed E-state index contributed by atoms with van der Waals surface area (Å²) >= 11 is 1.54. The number of likely N-dealkylation sites (N-methyl/N-ethyl adjacent to an activating group) is 1. The standard InChI is InChI=1S/C12H19N5O2S/c1-16(8-10(18)14-3-5-19-2)11-9(7-13)17-4-6-20-12(17)15-11/h4,6H,3,5,7-8,13H2,1-2H3,(H,14,18). The molecule has 0 unspecified atom stereocenters. The average Bonchev–Trinajstić information content (AvgIpc) is 2.98. The molecule has 0 radical (unpaired) electrons. The fraction of sp³-hybridized carbons (Fsp3) is 0.500. The predicted molar refractivity (Wildman–Crippen MR) is 79.1 cm³/mol. The van der Waals surface area contributed by atoms with E-state index in [0.29, 0.717) is 19.7 Å². The van der Waals surface area contributed by atoms with Gasteiger partial charge >= 0.3 is 0 Å². The Labute approximate surface area is 121 Å². The number of nitrogens with two attached hydrogens (primary N) is 1. The van der Waals surface area contributed by atoms with Crippen molar-refractivity contribution in [2.75, 3.05) is 38.8 Å². The number of hydrogen-bond acceptors (Lipinski definition) is 6. The molecule has 1 amide bonds. The molecule has 0 atom stereocenters. The lowest BCUT2D eigenvalue weighted by molar-refractivity contribution is -0.119. The number of aromatic nitrogens is 2. The fourth-order valence-electron chi connectivity index (χ4n) is 1.96. The molecule has 0 bridgehead atoms. The van der Waals surface area contributed by atoms with Crippen molar-refractivity contribution in [3.63, 3.8) is 0 Å². The quantitative estimate of drug-likeness (QED) is 0.706. The number of nitrogens with one attached hydrogen (secondary N) is 1. The van der Waals surface area contributed by atoms with E-state index in [1.807, 2.05) is 27.9 Å². The summed E-state index contributed by atoms with van der Waals surface area (Å²) < 4.78 is 6.85. The number of thiazole rings is 1. The van der Waals surface area contributed by atoms with Crippen LogP contribution in [0.4, 0.5) is 5.82 Å². The van der Waals surface area contributed by atoms with E-state index in [9.17, 15) is 4.79 Å². The van der Waals surface area contributed by atoms with Crippen molar-refractivity contribution in [3.8, 4) is 0 Å². The van der Waals surface area contributed by atoms with Gasteiger partial charge in [0, 0.05) is 38.8 Å². The molecule has 110 valence electrons. The number of amides is 1. The molecule has 7 nitrogen and oxygen atoms in total. The van der Waals surface area contributed by atoms with E-state index in [0.717, 1.165) is 16.5 Å². The zero-order valence-corrected chi connectivity index (χ0v) is 12.4. The van der Waals surface area contributed by atoms with Crippen molar-refractivity contribution in [2.24, 2.45) is 5.73 Å². The molecule has 2 aromatic heterocycles. The summed E-state index contributed by atoms with van der Waals surface area (Å²) in [6.07, 6.45) is 1.94. The van der Waals surface area contributed by atoms with Crippen LogP contribution >= 0.6 is 11.3 Å². The molecule has 0 saturated heterocycles. The summed E-state index contributed by atoms with van der Waals surface area (Å²) in [5.41, 5.74) is 6.70. The Kier molecular flexibility index (Phi) is 4.94. The minimum absolute atomic E-state index is 0.0659. The van der Waals surface area contributed by atoms with Gasteiger partial charge in [-0.15, -0.1) is 11.3 Å². The Morgan fingerprint density at radius 3 is 3.15 bits per heavy atom. The van der Waals surface area contributed by atoms with Crippen molar-refractivity contribution in [2.45, 2.75) is 6.54 Å². The van der Waals surface area contributed by atoms with Gasteiger partial charge in [-0.1, -0.05) is 0 Å². The minimum atomic E-state index is -0.0659. The molecule has 2 aromatic rings. The lowest BCUT2D eigenvalue weighted by Gasteiger charge is -2.17. The Morgan fingerprint density at radius 2 is 2.45 bits per heavy atom. The maximum Gasteiger partial charge on any atom is 0.239 e. The van der Waals surface area contributed by atoms with Crippen LogP contribution in [0, 0.1) is 0 Å². The lowest BCUT2D eigenvalue weighted by atomic mass is 10.4. The van der Waals surface area contributed by atoms with Crippen LogP contribution in [0.15, 0.2) is 11.6 Å². The van der Waals surface area contributed by atoms with Gasteiger partial charge in [0.25, 0.3) is 0 Å². The summed E-state index contributed by atoms with van der Waals surface area (Å²) in [5.74, 6) is 0.685. The smallest absolute Gasteiger partial charge is 0.239 e. The molecule has 20 heavy (non-hydrogen) atoms. The van der Waals surface area contributed by atoms with Gasteiger partial charge in [-0.3, -0.25) is 9.20 Å². The molecule has 2 heterocycles. The molecule has 0 saturated carbocycles. The van der Waals surface area contributed by atoms with Gasteiger partial charge in [0.2, 0.25) is 5.91 Å². The maximum atomic E-state index is 11.8. The molecule has 2 rings (SSSR count). The molecule has 3 N–H and O–H groups in total. The van der Waals surface area contributed by atoms with Crippen LogP contribution in [0.3, 0.4) is 0 Å². The molecule has 0 spiro atoms. The normalized spacial score (nSPS) is 10.9. The van der Waals surface area contributed by atoms with Gasteiger partial charge in [0.05, 0.1) is 18.8 Å². The lowest BCUT2D eigenvalue weighted by Crippen LogP contribution is -2.37. The van der Waals surface area contributed by atoms with Crippen LogP contribution in [-0.2, 0) is 16.1 Å². The third kappa shape index (κ3) is 3.09. The molecule has 0 aliphatic heterocycles. The second kappa shape index (κ2) is 6.69. The van der Waals surface area contributed by atoms with Crippen molar-refractivity contribution in [3.05, 3.63) is 17.3 Å². The molecule has 8 heteroatoms.